The molecular weight excluding hydrogens is 408 g/mol. The van der Waals surface area contributed by atoms with Gasteiger partial charge in [0.1, 0.15) is 0 Å². The second-order valence-electron chi connectivity index (χ2n) is 8.93. The largest absolute Gasteiger partial charge is 0.0622 e. The number of fused-ring (bicyclic) bond motifs is 7. The van der Waals surface area contributed by atoms with E-state index in [2.05, 4.69) is 133 Å². The predicted molar refractivity (Wildman–Crippen MR) is 147 cm³/mol. The van der Waals surface area contributed by atoms with Crippen molar-refractivity contribution in [2.45, 2.75) is 0 Å². The highest BCUT2D eigenvalue weighted by Gasteiger charge is 2.14. The molecule has 0 heteroatoms. The normalized spacial score (nSPS) is 11.5. The van der Waals surface area contributed by atoms with Crippen molar-refractivity contribution in [3.63, 3.8) is 0 Å². The van der Waals surface area contributed by atoms with Gasteiger partial charge in [0.2, 0.25) is 0 Å². The van der Waals surface area contributed by atoms with E-state index in [9.17, 15) is 0 Å². The third-order valence-electron chi connectivity index (χ3n) is 7.05. The molecule has 0 aliphatic carbocycles. The van der Waals surface area contributed by atoms with Crippen LogP contribution in [-0.2, 0) is 0 Å². The smallest absolute Gasteiger partial charge is 0.00923 e. The number of benzene rings is 7. The van der Waals surface area contributed by atoms with E-state index in [-0.39, 0.29) is 0 Å². The van der Waals surface area contributed by atoms with Gasteiger partial charge in [0.15, 0.2) is 0 Å². The van der Waals surface area contributed by atoms with Crippen LogP contribution in [0.25, 0.3) is 65.3 Å². The zero-order valence-corrected chi connectivity index (χ0v) is 18.7. The van der Waals surface area contributed by atoms with Crippen molar-refractivity contribution >= 4 is 43.1 Å². The fourth-order valence-electron chi connectivity index (χ4n) is 5.48. The molecular formula is C34H22. The minimum Gasteiger partial charge on any atom is -0.0622 e. The van der Waals surface area contributed by atoms with E-state index in [0.29, 0.717) is 0 Å². The highest BCUT2D eigenvalue weighted by Crippen LogP contribution is 2.42. The zero-order valence-electron chi connectivity index (χ0n) is 18.7. The van der Waals surface area contributed by atoms with E-state index in [1.807, 2.05) is 0 Å². The lowest BCUT2D eigenvalue weighted by atomic mass is 9.87. The van der Waals surface area contributed by atoms with Gasteiger partial charge in [0.05, 0.1) is 0 Å². The van der Waals surface area contributed by atoms with Crippen molar-refractivity contribution in [2.24, 2.45) is 0 Å². The third-order valence-corrected chi connectivity index (χ3v) is 7.05. The fraction of sp³-hybridized carbons (Fsp3) is 0. The van der Waals surface area contributed by atoms with Gasteiger partial charge in [-0.25, -0.2) is 0 Å². The first-order chi connectivity index (χ1) is 16.9. The molecule has 0 spiro atoms. The van der Waals surface area contributed by atoms with Gasteiger partial charge < -0.3 is 0 Å². The second-order valence-corrected chi connectivity index (χ2v) is 8.93. The maximum atomic E-state index is 2.40. The Morgan fingerprint density at radius 3 is 0.971 bits per heavy atom. The summed E-state index contributed by atoms with van der Waals surface area (Å²) in [6, 6.07) is 48.5. The molecule has 7 rings (SSSR count). The summed E-state index contributed by atoms with van der Waals surface area (Å²) < 4.78 is 0. The van der Waals surface area contributed by atoms with E-state index >= 15 is 0 Å². The molecule has 0 aliphatic rings. The molecule has 7 aromatic rings. The molecule has 0 unspecified atom stereocenters. The first-order valence-electron chi connectivity index (χ1n) is 11.8. The van der Waals surface area contributed by atoms with Crippen molar-refractivity contribution in [3.8, 4) is 22.3 Å². The molecule has 0 bridgehead atoms. The molecule has 158 valence electrons. The summed E-state index contributed by atoms with van der Waals surface area (Å²) >= 11 is 0. The van der Waals surface area contributed by atoms with Crippen molar-refractivity contribution in [1.29, 1.82) is 0 Å². The van der Waals surface area contributed by atoms with Gasteiger partial charge in [-0.05, 0) is 77.5 Å². The summed E-state index contributed by atoms with van der Waals surface area (Å²) in [7, 11) is 0. The maximum Gasteiger partial charge on any atom is -0.00923 e. The number of hydrogen-bond donors (Lipinski definition) is 0. The SMILES string of the molecule is c1ccc(-c2cc3c(ccc4c5ccccc5c(-c5ccccc5)cc43)c3ccccc23)cc1. The van der Waals surface area contributed by atoms with Gasteiger partial charge in [-0.1, -0.05) is 121 Å². The molecule has 0 nitrogen and oxygen atoms in total. The zero-order chi connectivity index (χ0) is 22.5. The third kappa shape index (κ3) is 2.86. The summed E-state index contributed by atoms with van der Waals surface area (Å²) in [5.41, 5.74) is 5.07. The monoisotopic (exact) mass is 430 g/mol. The highest BCUT2D eigenvalue weighted by molar-refractivity contribution is 6.26. The first kappa shape index (κ1) is 19.1. The fourth-order valence-corrected chi connectivity index (χ4v) is 5.48. The average molecular weight is 431 g/mol. The Morgan fingerprint density at radius 1 is 0.235 bits per heavy atom. The van der Waals surface area contributed by atoms with Gasteiger partial charge >= 0.3 is 0 Å². The molecule has 7 aromatic carbocycles. The van der Waals surface area contributed by atoms with Crippen LogP contribution in [0.4, 0.5) is 0 Å². The summed E-state index contributed by atoms with van der Waals surface area (Å²) in [4.78, 5) is 0. The molecule has 0 amide bonds. The van der Waals surface area contributed by atoms with Gasteiger partial charge in [-0.15, -0.1) is 0 Å². The van der Waals surface area contributed by atoms with Crippen LogP contribution in [0.2, 0.25) is 0 Å². The molecule has 0 aliphatic heterocycles. The summed E-state index contributed by atoms with van der Waals surface area (Å²) in [6.07, 6.45) is 0. The molecule has 0 fully saturated rings. The molecule has 0 heterocycles. The summed E-state index contributed by atoms with van der Waals surface area (Å²) in [5, 5.41) is 10.4. The quantitative estimate of drug-likeness (QED) is 0.239. The number of rotatable bonds is 2. The average Bonchev–Trinajstić information content (AvgIpc) is 2.93. The predicted octanol–water partition coefficient (Wildman–Crippen LogP) is 9.63. The van der Waals surface area contributed by atoms with Gasteiger partial charge in [-0.3, -0.25) is 0 Å². The molecule has 0 saturated heterocycles. The first-order valence-corrected chi connectivity index (χ1v) is 11.8. The Hall–Kier alpha value is -4.42. The highest BCUT2D eigenvalue weighted by atomic mass is 14.2. The molecule has 0 aromatic heterocycles. The molecule has 0 atom stereocenters. The van der Waals surface area contributed by atoms with Crippen LogP contribution in [0.5, 0.6) is 0 Å². The van der Waals surface area contributed by atoms with Crippen molar-refractivity contribution in [3.05, 3.63) is 133 Å². The van der Waals surface area contributed by atoms with Crippen LogP contribution in [0.3, 0.4) is 0 Å². The Labute approximate surface area is 198 Å². The van der Waals surface area contributed by atoms with E-state index < -0.39 is 0 Å². The minimum absolute atomic E-state index is 1.25. The van der Waals surface area contributed by atoms with E-state index in [1.165, 1.54) is 65.3 Å². The number of hydrogen-bond acceptors (Lipinski definition) is 0. The maximum absolute atomic E-state index is 2.40. The van der Waals surface area contributed by atoms with Crippen LogP contribution in [-0.4, -0.2) is 0 Å². The van der Waals surface area contributed by atoms with E-state index in [0.717, 1.165) is 0 Å². The van der Waals surface area contributed by atoms with Crippen LogP contribution >= 0.6 is 0 Å². The Balaban J connectivity index is 1.69. The Morgan fingerprint density at radius 2 is 0.559 bits per heavy atom. The molecule has 0 radical (unpaired) electrons. The van der Waals surface area contributed by atoms with Crippen LogP contribution < -0.4 is 0 Å². The van der Waals surface area contributed by atoms with Crippen molar-refractivity contribution in [1.82, 2.24) is 0 Å². The lowest BCUT2D eigenvalue weighted by molar-refractivity contribution is 1.66. The lowest BCUT2D eigenvalue weighted by Gasteiger charge is -2.16. The summed E-state index contributed by atoms with van der Waals surface area (Å²) in [5.74, 6) is 0. The van der Waals surface area contributed by atoms with Crippen LogP contribution in [0.15, 0.2) is 133 Å². The van der Waals surface area contributed by atoms with Crippen molar-refractivity contribution in [2.75, 3.05) is 0 Å². The van der Waals surface area contributed by atoms with E-state index in [1.54, 1.807) is 0 Å². The van der Waals surface area contributed by atoms with Crippen molar-refractivity contribution < 1.29 is 0 Å². The van der Waals surface area contributed by atoms with Gasteiger partial charge in [-0.2, -0.15) is 0 Å². The van der Waals surface area contributed by atoms with Gasteiger partial charge in [0, 0.05) is 0 Å². The standard InChI is InChI=1S/C34H22/c1-3-11-23(12-4-1)31-21-33-29(25-15-7-9-17-27(25)31)19-20-30-26-16-8-10-18-28(26)32(22-34(30)33)24-13-5-2-6-14-24/h1-22H. The Kier molecular flexibility index (Phi) is 4.25. The minimum atomic E-state index is 1.25. The molecule has 0 saturated carbocycles. The van der Waals surface area contributed by atoms with E-state index in [4.69, 9.17) is 0 Å². The van der Waals surface area contributed by atoms with Gasteiger partial charge in [0.25, 0.3) is 0 Å². The molecule has 0 N–H and O–H groups in total. The Bertz CT molecular complexity index is 1690. The second kappa shape index (κ2) is 7.57. The lowest BCUT2D eigenvalue weighted by Crippen LogP contribution is -1.88. The van der Waals surface area contributed by atoms with Crippen LogP contribution in [0, 0.1) is 0 Å². The molecule has 34 heavy (non-hydrogen) atoms. The summed E-state index contributed by atoms with van der Waals surface area (Å²) in [6.45, 7) is 0. The topological polar surface area (TPSA) is 0 Å². The van der Waals surface area contributed by atoms with Crippen LogP contribution in [0.1, 0.15) is 0 Å².